The van der Waals surface area contributed by atoms with Crippen molar-refractivity contribution in [1.82, 2.24) is 25.2 Å². The number of carbonyl (C=O) groups excluding carboxylic acids is 3. The first-order valence-electron chi connectivity index (χ1n) is 22.3. The summed E-state index contributed by atoms with van der Waals surface area (Å²) in [6.07, 6.45) is 6.25. The fraction of sp³-hybridized carbons (Fsp3) is 0.542. The van der Waals surface area contributed by atoms with Gasteiger partial charge >= 0.3 is 6.09 Å². The second-order valence-corrected chi connectivity index (χ2v) is 21.7. The predicted molar refractivity (Wildman–Crippen MR) is 242 cm³/mol. The molecule has 3 fully saturated rings. The lowest BCUT2D eigenvalue weighted by Gasteiger charge is -2.37. The van der Waals surface area contributed by atoms with Crippen LogP contribution in [0.1, 0.15) is 86.5 Å². The van der Waals surface area contributed by atoms with Crippen molar-refractivity contribution in [3.8, 4) is 34.4 Å². The summed E-state index contributed by atoms with van der Waals surface area (Å²) in [5.41, 5.74) is -0.382. The first-order valence-corrected chi connectivity index (χ1v) is 23.8. The van der Waals surface area contributed by atoms with E-state index in [9.17, 15) is 22.8 Å². The number of benzene rings is 2. The number of nitrogens with zero attached hydrogens (tertiary/aromatic N) is 2. The Hall–Kier alpha value is -5.51. The molecule has 2 unspecified atom stereocenters. The number of fused-ring (bicyclic) bond motifs is 4. The van der Waals surface area contributed by atoms with Crippen molar-refractivity contribution < 1.29 is 46.5 Å². The van der Waals surface area contributed by atoms with E-state index in [4.69, 9.17) is 28.7 Å². The molecule has 2 aliphatic carbocycles. The zero-order chi connectivity index (χ0) is 45.8. The number of amides is 3. The minimum absolute atomic E-state index is 0.129. The molecule has 4 heterocycles. The number of pyridine rings is 1. The lowest BCUT2D eigenvalue weighted by Crippen LogP contribution is -2.57. The van der Waals surface area contributed by atoms with Gasteiger partial charge in [0.05, 0.1) is 30.1 Å². The summed E-state index contributed by atoms with van der Waals surface area (Å²) >= 11 is 0. The van der Waals surface area contributed by atoms with E-state index in [0.29, 0.717) is 60.6 Å². The van der Waals surface area contributed by atoms with E-state index < -0.39 is 67.9 Å². The average molecular weight is 900 g/mol. The maximum Gasteiger partial charge on any atom is 0.408 e. The second-order valence-electron chi connectivity index (χ2n) is 19.5. The van der Waals surface area contributed by atoms with Crippen LogP contribution in [0.3, 0.4) is 0 Å². The van der Waals surface area contributed by atoms with Crippen LogP contribution in [-0.2, 0) is 24.3 Å². The van der Waals surface area contributed by atoms with Crippen LogP contribution in [0.4, 0.5) is 4.79 Å². The van der Waals surface area contributed by atoms with Gasteiger partial charge in [0.1, 0.15) is 42.2 Å². The average Bonchev–Trinajstić information content (AvgIpc) is 4.13. The minimum atomic E-state index is -4.00. The van der Waals surface area contributed by atoms with E-state index in [1.165, 1.54) is 0 Å². The number of alkyl carbamates (subject to hydrolysis) is 1. The van der Waals surface area contributed by atoms with Gasteiger partial charge in [0, 0.05) is 29.0 Å². The number of sulfonamides is 1. The zero-order valence-electron chi connectivity index (χ0n) is 37.8. The molecule has 3 aliphatic heterocycles. The summed E-state index contributed by atoms with van der Waals surface area (Å²) in [5, 5.41) is 7.66. The van der Waals surface area contributed by atoms with Crippen molar-refractivity contribution in [1.29, 1.82) is 0 Å². The molecule has 1 saturated heterocycles. The Bertz CT molecular complexity index is 2480. The molecule has 15 nitrogen and oxygen atoms in total. The summed E-state index contributed by atoms with van der Waals surface area (Å²) in [7, 11) is -2.39. The number of hydrogen-bond acceptors (Lipinski definition) is 12. The highest BCUT2D eigenvalue weighted by atomic mass is 32.2. The molecule has 3 N–H and O–H groups in total. The summed E-state index contributed by atoms with van der Waals surface area (Å²) in [4.78, 5) is 49.5. The standard InChI is InChI=1S/C48H61N5O10S/c1-28-11-9-10-12-33-26-48(33,44(55)52-64(57,58)47(7)17-18-47)51-42(54)38-25-35(27-53(38)30(3)41(29(2)21-28)50-45(56)63-46(4,5)6)62-43-36-15-14-34(59-8)22-32(36)23-37(49-43)31-13-16-39-40(24-31)61-20-19-60-39/h10,12-16,22-24,28-29,33,35,38,41H,3,9,11,17-21,25-27H2,1-2,4-8H3,(H,50,56)(H,51,54)(H,52,55)/b12-10-/t28-,29-,33?,35?,38+,41+,48-/m1/s1. The molecule has 5 aliphatic rings. The molecule has 1 aromatic heterocycles. The summed E-state index contributed by atoms with van der Waals surface area (Å²) < 4.78 is 57.9. The van der Waals surface area contributed by atoms with E-state index in [1.807, 2.05) is 59.5 Å². The Labute approximate surface area is 375 Å². The van der Waals surface area contributed by atoms with Crippen molar-refractivity contribution in [2.45, 2.75) is 121 Å². The van der Waals surface area contributed by atoms with Gasteiger partial charge in [-0.25, -0.2) is 18.2 Å². The van der Waals surface area contributed by atoms with Crippen molar-refractivity contribution >= 4 is 38.7 Å². The molecule has 344 valence electrons. The molecule has 2 saturated carbocycles. The van der Waals surface area contributed by atoms with Crippen LogP contribution in [0, 0.1) is 17.8 Å². The van der Waals surface area contributed by atoms with Crippen LogP contribution in [0.2, 0.25) is 0 Å². The third-order valence-corrected chi connectivity index (χ3v) is 15.4. The van der Waals surface area contributed by atoms with Gasteiger partial charge in [-0.05, 0) is 126 Å². The lowest BCUT2D eigenvalue weighted by molar-refractivity contribution is -0.131. The number of allylic oxidation sites excluding steroid dienone is 1. The first-order chi connectivity index (χ1) is 30.3. The van der Waals surface area contributed by atoms with Gasteiger partial charge < -0.3 is 39.2 Å². The van der Waals surface area contributed by atoms with Gasteiger partial charge in [0.25, 0.3) is 5.91 Å². The number of rotatable bonds is 8. The number of aromatic nitrogens is 1. The Balaban J connectivity index is 1.16. The molecule has 3 amide bonds. The first kappa shape index (κ1) is 45.1. The van der Waals surface area contributed by atoms with Gasteiger partial charge in [0.15, 0.2) is 11.5 Å². The van der Waals surface area contributed by atoms with Gasteiger partial charge in [-0.15, -0.1) is 0 Å². The smallest absolute Gasteiger partial charge is 0.408 e. The highest BCUT2D eigenvalue weighted by Gasteiger charge is 2.63. The normalized spacial score (nSPS) is 28.3. The monoisotopic (exact) mass is 899 g/mol. The number of hydrogen-bond donors (Lipinski definition) is 3. The van der Waals surface area contributed by atoms with E-state index in [2.05, 4.69) is 35.8 Å². The molecule has 64 heavy (non-hydrogen) atoms. The maximum atomic E-state index is 14.9. The van der Waals surface area contributed by atoms with Crippen LogP contribution in [0.25, 0.3) is 22.0 Å². The largest absolute Gasteiger partial charge is 0.497 e. The molecule has 8 rings (SSSR count). The Kier molecular flexibility index (Phi) is 12.1. The van der Waals surface area contributed by atoms with Crippen LogP contribution >= 0.6 is 0 Å². The fourth-order valence-electron chi connectivity index (χ4n) is 9.14. The van der Waals surface area contributed by atoms with Crippen LogP contribution in [-0.4, -0.2) is 97.2 Å². The molecular formula is C48H61N5O10S. The molecule has 16 heteroatoms. The number of nitrogens with one attached hydrogen (secondary N) is 3. The van der Waals surface area contributed by atoms with Crippen molar-refractivity contribution in [3.63, 3.8) is 0 Å². The maximum absolute atomic E-state index is 14.9. The minimum Gasteiger partial charge on any atom is -0.497 e. The second kappa shape index (κ2) is 17.1. The third kappa shape index (κ3) is 9.34. The molecular weight excluding hydrogens is 839 g/mol. The molecule has 0 spiro atoms. The predicted octanol–water partition coefficient (Wildman–Crippen LogP) is 6.80. The van der Waals surface area contributed by atoms with Gasteiger partial charge in [-0.3, -0.25) is 14.3 Å². The quantitative estimate of drug-likeness (QED) is 0.202. The third-order valence-electron chi connectivity index (χ3n) is 13.2. The van der Waals surface area contributed by atoms with Crippen molar-refractivity contribution in [2.75, 3.05) is 26.9 Å². The van der Waals surface area contributed by atoms with E-state index in [0.717, 1.165) is 35.6 Å². The fourth-order valence-corrected chi connectivity index (χ4v) is 10.5. The molecule has 2 aromatic carbocycles. The number of ether oxygens (including phenoxy) is 5. The molecule has 0 radical (unpaired) electrons. The van der Waals surface area contributed by atoms with E-state index in [-0.39, 0.29) is 31.2 Å². The van der Waals surface area contributed by atoms with Crippen LogP contribution < -0.4 is 34.3 Å². The lowest BCUT2D eigenvalue weighted by atomic mass is 9.87. The van der Waals surface area contributed by atoms with Gasteiger partial charge in [-0.2, -0.15) is 0 Å². The molecule has 3 aromatic rings. The van der Waals surface area contributed by atoms with E-state index in [1.54, 1.807) is 34.8 Å². The van der Waals surface area contributed by atoms with Crippen LogP contribution in [0.15, 0.2) is 66.9 Å². The summed E-state index contributed by atoms with van der Waals surface area (Å²) in [6.45, 7) is 16.8. The molecule has 0 bridgehead atoms. The topological polar surface area (TPSA) is 184 Å². The zero-order valence-corrected chi connectivity index (χ0v) is 38.6. The Morgan fingerprint density at radius 1 is 1.03 bits per heavy atom. The Morgan fingerprint density at radius 3 is 2.50 bits per heavy atom. The van der Waals surface area contributed by atoms with E-state index >= 15 is 0 Å². The van der Waals surface area contributed by atoms with Crippen LogP contribution in [0.5, 0.6) is 23.1 Å². The Morgan fingerprint density at radius 2 is 1.78 bits per heavy atom. The number of methoxy groups -OCH3 is 1. The van der Waals surface area contributed by atoms with Gasteiger partial charge in [0.2, 0.25) is 21.8 Å². The van der Waals surface area contributed by atoms with Crippen molar-refractivity contribution in [2.24, 2.45) is 17.8 Å². The molecule has 7 atom stereocenters. The number of carbonyl (C=O) groups is 3. The SMILES string of the molecule is C=C1[C@@H](NC(=O)OC(C)(C)C)[C@H](C)C[C@H](C)CC/C=C\C2C[C@@]2(C(=O)NS(=O)(=O)C2(C)CC2)NC(=O)[C@@H]2CC(Oc3nc(-c4ccc5c(c4)OCCO5)cc4cc(OC)ccc34)CN12. The highest BCUT2D eigenvalue weighted by Crippen LogP contribution is 2.48. The van der Waals surface area contributed by atoms with Crippen molar-refractivity contribution in [3.05, 3.63) is 66.9 Å². The summed E-state index contributed by atoms with van der Waals surface area (Å²) in [6, 6.07) is 11.6. The summed E-state index contributed by atoms with van der Waals surface area (Å²) in [5.74, 6) is 0.687. The van der Waals surface area contributed by atoms with Gasteiger partial charge in [-0.1, -0.05) is 32.6 Å². The highest BCUT2D eigenvalue weighted by molar-refractivity contribution is 7.91.